The maximum atomic E-state index is 12.2. The topological polar surface area (TPSA) is 55.6 Å². The molecule has 4 nitrogen and oxygen atoms in total. The zero-order valence-electron chi connectivity index (χ0n) is 11.4. The minimum atomic E-state index is -0.478. The molecule has 1 saturated heterocycles. The number of likely N-dealkylation sites (N-methyl/N-ethyl adjacent to an activating group) is 1. The molecule has 1 aromatic carbocycles. The number of hydrogen-bond donors (Lipinski definition) is 1. The molecule has 1 heterocycles. The van der Waals surface area contributed by atoms with Crippen molar-refractivity contribution in [2.75, 3.05) is 20.2 Å². The van der Waals surface area contributed by atoms with Gasteiger partial charge in [-0.05, 0) is 24.8 Å². The summed E-state index contributed by atoms with van der Waals surface area (Å²) in [6.07, 6.45) is 2.88. The predicted molar refractivity (Wildman–Crippen MR) is 74.7 cm³/mol. The lowest BCUT2D eigenvalue weighted by atomic mass is 10.1. The van der Waals surface area contributed by atoms with Gasteiger partial charge in [-0.15, -0.1) is 0 Å². The lowest BCUT2D eigenvalue weighted by molar-refractivity contribution is -0.132. The second-order valence-electron chi connectivity index (χ2n) is 5.15. The van der Waals surface area contributed by atoms with Crippen LogP contribution in [0.5, 0.6) is 0 Å². The van der Waals surface area contributed by atoms with Crippen LogP contribution in [0, 0.1) is 0 Å². The molecule has 1 aromatic rings. The summed E-state index contributed by atoms with van der Waals surface area (Å²) in [5.74, 6) is -0.0145. The summed E-state index contributed by atoms with van der Waals surface area (Å²) in [7, 11) is 1.80. The molecule has 0 radical (unpaired) electrons. The van der Waals surface area contributed by atoms with E-state index in [2.05, 4.69) is 0 Å². The Labute approximate surface area is 114 Å². The van der Waals surface area contributed by atoms with Crippen LogP contribution in [-0.4, -0.2) is 43.2 Å². The van der Waals surface area contributed by atoms with Crippen molar-refractivity contribution in [2.45, 2.75) is 31.4 Å². The van der Waals surface area contributed by atoms with E-state index in [4.69, 9.17) is 10.5 Å². The van der Waals surface area contributed by atoms with Crippen LogP contribution in [0.3, 0.4) is 0 Å². The molecule has 1 fully saturated rings. The third-order valence-electron chi connectivity index (χ3n) is 3.49. The van der Waals surface area contributed by atoms with Crippen LogP contribution in [0.25, 0.3) is 0 Å². The Morgan fingerprint density at radius 1 is 1.47 bits per heavy atom. The van der Waals surface area contributed by atoms with E-state index in [1.165, 1.54) is 0 Å². The molecule has 0 bridgehead atoms. The van der Waals surface area contributed by atoms with Crippen LogP contribution >= 0.6 is 0 Å². The zero-order valence-corrected chi connectivity index (χ0v) is 11.4. The minimum Gasteiger partial charge on any atom is -0.376 e. The van der Waals surface area contributed by atoms with E-state index >= 15 is 0 Å². The van der Waals surface area contributed by atoms with Crippen molar-refractivity contribution in [1.29, 1.82) is 0 Å². The number of nitrogens with zero attached hydrogens (tertiary/aromatic N) is 1. The number of benzene rings is 1. The molecular formula is C15H22N2O2. The highest BCUT2D eigenvalue weighted by Gasteiger charge is 2.23. The lowest BCUT2D eigenvalue weighted by Gasteiger charge is -2.24. The van der Waals surface area contributed by atoms with Gasteiger partial charge in [0.25, 0.3) is 0 Å². The molecular weight excluding hydrogens is 240 g/mol. The fourth-order valence-electron chi connectivity index (χ4n) is 2.42. The normalized spacial score (nSPS) is 20.2. The molecule has 1 unspecified atom stereocenters. The number of nitrogens with two attached hydrogens (primary N) is 1. The van der Waals surface area contributed by atoms with Crippen molar-refractivity contribution in [3.8, 4) is 0 Å². The van der Waals surface area contributed by atoms with Crippen molar-refractivity contribution in [3.63, 3.8) is 0 Å². The minimum absolute atomic E-state index is 0.0145. The fourth-order valence-corrected chi connectivity index (χ4v) is 2.42. The number of rotatable bonds is 5. The van der Waals surface area contributed by atoms with Crippen LogP contribution < -0.4 is 5.73 Å². The largest absolute Gasteiger partial charge is 0.376 e. The highest BCUT2D eigenvalue weighted by molar-refractivity contribution is 5.81. The van der Waals surface area contributed by atoms with Crippen molar-refractivity contribution in [2.24, 2.45) is 5.73 Å². The summed E-state index contributed by atoms with van der Waals surface area (Å²) in [5, 5.41) is 0. The number of carbonyl (C=O) groups is 1. The molecule has 4 heteroatoms. The smallest absolute Gasteiger partial charge is 0.239 e. The Morgan fingerprint density at radius 2 is 2.21 bits per heavy atom. The third kappa shape index (κ3) is 4.04. The van der Waals surface area contributed by atoms with Gasteiger partial charge < -0.3 is 15.4 Å². The first kappa shape index (κ1) is 14.0. The molecule has 1 aliphatic heterocycles. The molecule has 0 aliphatic carbocycles. The molecule has 2 rings (SSSR count). The van der Waals surface area contributed by atoms with Crippen molar-refractivity contribution >= 4 is 5.91 Å². The number of hydrogen-bond acceptors (Lipinski definition) is 3. The molecule has 0 spiro atoms. The van der Waals surface area contributed by atoms with Gasteiger partial charge in [-0.2, -0.15) is 0 Å². The van der Waals surface area contributed by atoms with Gasteiger partial charge in [0.05, 0.1) is 12.1 Å². The van der Waals surface area contributed by atoms with Gasteiger partial charge in [0, 0.05) is 20.2 Å². The van der Waals surface area contributed by atoms with Crippen LogP contribution in [0.1, 0.15) is 18.4 Å². The maximum Gasteiger partial charge on any atom is 0.239 e. The van der Waals surface area contributed by atoms with Gasteiger partial charge in [0.2, 0.25) is 5.91 Å². The molecule has 2 N–H and O–H groups in total. The highest BCUT2D eigenvalue weighted by Crippen LogP contribution is 2.13. The third-order valence-corrected chi connectivity index (χ3v) is 3.49. The second-order valence-corrected chi connectivity index (χ2v) is 5.15. The first-order valence-electron chi connectivity index (χ1n) is 6.83. The van der Waals surface area contributed by atoms with E-state index in [-0.39, 0.29) is 12.0 Å². The summed E-state index contributed by atoms with van der Waals surface area (Å²) in [5.41, 5.74) is 7.08. The van der Waals surface area contributed by atoms with Crippen molar-refractivity contribution in [1.82, 2.24) is 4.90 Å². The summed E-state index contributed by atoms with van der Waals surface area (Å²) in [6, 6.07) is 9.39. The summed E-state index contributed by atoms with van der Waals surface area (Å²) >= 11 is 0. The highest BCUT2D eigenvalue weighted by atomic mass is 16.5. The summed E-state index contributed by atoms with van der Waals surface area (Å²) in [4.78, 5) is 13.9. The number of carbonyl (C=O) groups excluding carboxylic acids is 1. The standard InChI is InChI=1S/C15H22N2O2/c1-17(11-13-8-5-9-19-13)15(18)14(16)10-12-6-3-2-4-7-12/h2-4,6-7,13-14H,5,8-11,16H2,1H3/t13?,14-/m1/s1. The second kappa shape index (κ2) is 6.68. The van der Waals surface area contributed by atoms with E-state index in [9.17, 15) is 4.79 Å². The average molecular weight is 262 g/mol. The SMILES string of the molecule is CN(CC1CCCO1)C(=O)[C@H](N)Cc1ccccc1. The van der Waals surface area contributed by atoms with Gasteiger partial charge in [-0.25, -0.2) is 0 Å². The molecule has 1 amide bonds. The molecule has 0 aromatic heterocycles. The van der Waals surface area contributed by atoms with Crippen molar-refractivity contribution < 1.29 is 9.53 Å². The van der Waals surface area contributed by atoms with E-state index in [0.29, 0.717) is 13.0 Å². The van der Waals surface area contributed by atoms with Gasteiger partial charge in [0.15, 0.2) is 0 Å². The molecule has 2 atom stereocenters. The number of ether oxygens (including phenoxy) is 1. The van der Waals surface area contributed by atoms with Crippen LogP contribution in [-0.2, 0) is 16.0 Å². The molecule has 0 saturated carbocycles. The van der Waals surface area contributed by atoms with Crippen LogP contribution in [0.4, 0.5) is 0 Å². The lowest BCUT2D eigenvalue weighted by Crippen LogP contribution is -2.45. The van der Waals surface area contributed by atoms with Gasteiger partial charge in [0.1, 0.15) is 0 Å². The quantitative estimate of drug-likeness (QED) is 0.867. The Hall–Kier alpha value is -1.39. The number of amides is 1. The van der Waals surface area contributed by atoms with E-state index in [1.54, 1.807) is 11.9 Å². The summed E-state index contributed by atoms with van der Waals surface area (Å²) < 4.78 is 5.54. The fraction of sp³-hybridized carbons (Fsp3) is 0.533. The molecule has 19 heavy (non-hydrogen) atoms. The predicted octanol–water partition coefficient (Wildman–Crippen LogP) is 1.19. The van der Waals surface area contributed by atoms with E-state index < -0.39 is 6.04 Å². The molecule has 1 aliphatic rings. The van der Waals surface area contributed by atoms with Crippen LogP contribution in [0.15, 0.2) is 30.3 Å². The monoisotopic (exact) mass is 262 g/mol. The average Bonchev–Trinajstić information content (AvgIpc) is 2.91. The Bertz CT molecular complexity index is 402. The Morgan fingerprint density at radius 3 is 2.84 bits per heavy atom. The van der Waals surface area contributed by atoms with E-state index in [1.807, 2.05) is 30.3 Å². The first-order chi connectivity index (χ1) is 9.16. The van der Waals surface area contributed by atoms with Crippen molar-refractivity contribution in [3.05, 3.63) is 35.9 Å². The maximum absolute atomic E-state index is 12.2. The van der Waals surface area contributed by atoms with Gasteiger partial charge in [-0.3, -0.25) is 4.79 Å². The zero-order chi connectivity index (χ0) is 13.7. The van der Waals surface area contributed by atoms with Crippen LogP contribution in [0.2, 0.25) is 0 Å². The Balaban J connectivity index is 1.84. The van der Waals surface area contributed by atoms with E-state index in [0.717, 1.165) is 25.0 Å². The first-order valence-corrected chi connectivity index (χ1v) is 6.83. The molecule has 104 valence electrons. The van der Waals surface area contributed by atoms with Gasteiger partial charge in [-0.1, -0.05) is 30.3 Å². The van der Waals surface area contributed by atoms with Gasteiger partial charge >= 0.3 is 0 Å². The summed E-state index contributed by atoms with van der Waals surface area (Å²) in [6.45, 7) is 1.45. The Kier molecular flexibility index (Phi) is 4.93.